The van der Waals surface area contributed by atoms with Crippen molar-refractivity contribution in [3.05, 3.63) is 29.8 Å². The number of carbonyl (C=O) groups is 1. The molecule has 0 unspecified atom stereocenters. The van der Waals surface area contributed by atoms with E-state index < -0.39 is 11.6 Å². The van der Waals surface area contributed by atoms with Crippen molar-refractivity contribution >= 4 is 11.8 Å². The fourth-order valence-corrected chi connectivity index (χ4v) is 2.85. The average Bonchev–Trinajstić information content (AvgIpc) is 2.61. The highest BCUT2D eigenvalue weighted by atomic mass is 19.1. The standard InChI is InChI=1S/C16H21F2N3O3/c17-12-1-2-15(14(18)9-12)20-4-6-21(7-5-20)16(22)24-11-13-10-19-3-8-23-13/h1-2,9,13,19H,3-8,10-11H2/t13-/m0/s1. The second-order valence-electron chi connectivity index (χ2n) is 5.84. The summed E-state index contributed by atoms with van der Waals surface area (Å²) in [7, 11) is 0. The van der Waals surface area contributed by atoms with Gasteiger partial charge >= 0.3 is 6.09 Å². The number of hydrogen-bond acceptors (Lipinski definition) is 5. The molecule has 2 aliphatic heterocycles. The number of rotatable bonds is 3. The first kappa shape index (κ1) is 16.9. The summed E-state index contributed by atoms with van der Waals surface area (Å²) in [5.74, 6) is -1.19. The third-order valence-corrected chi connectivity index (χ3v) is 4.19. The van der Waals surface area contributed by atoms with Gasteiger partial charge in [0.1, 0.15) is 24.3 Å². The Morgan fingerprint density at radius 3 is 2.75 bits per heavy atom. The van der Waals surface area contributed by atoms with Crippen LogP contribution in [0, 0.1) is 11.6 Å². The molecular formula is C16H21F2N3O3. The van der Waals surface area contributed by atoms with Crippen LogP contribution in [0.5, 0.6) is 0 Å². The molecule has 0 aliphatic carbocycles. The zero-order valence-corrected chi connectivity index (χ0v) is 13.3. The number of morpholine rings is 1. The first-order chi connectivity index (χ1) is 11.6. The van der Waals surface area contributed by atoms with E-state index in [9.17, 15) is 13.6 Å². The summed E-state index contributed by atoms with van der Waals surface area (Å²) < 4.78 is 37.5. The van der Waals surface area contributed by atoms with Gasteiger partial charge in [-0.1, -0.05) is 0 Å². The highest BCUT2D eigenvalue weighted by Crippen LogP contribution is 2.21. The van der Waals surface area contributed by atoms with Gasteiger partial charge in [0.2, 0.25) is 0 Å². The largest absolute Gasteiger partial charge is 0.447 e. The summed E-state index contributed by atoms with van der Waals surface area (Å²) in [5, 5.41) is 3.17. The lowest BCUT2D eigenvalue weighted by Crippen LogP contribution is -2.50. The van der Waals surface area contributed by atoms with E-state index in [0.29, 0.717) is 45.0 Å². The van der Waals surface area contributed by atoms with Gasteiger partial charge in [0.25, 0.3) is 0 Å². The van der Waals surface area contributed by atoms with Crippen molar-refractivity contribution < 1.29 is 23.0 Å². The molecule has 0 bridgehead atoms. The molecule has 0 spiro atoms. The van der Waals surface area contributed by atoms with Crippen LogP contribution in [0.4, 0.5) is 19.3 Å². The third kappa shape index (κ3) is 4.12. The summed E-state index contributed by atoms with van der Waals surface area (Å²) in [5.41, 5.74) is 0.353. The Kier molecular flexibility index (Phi) is 5.47. The van der Waals surface area contributed by atoms with Gasteiger partial charge in [-0.3, -0.25) is 0 Å². The molecule has 1 amide bonds. The molecule has 132 valence electrons. The molecule has 2 fully saturated rings. The second kappa shape index (κ2) is 7.76. The summed E-state index contributed by atoms with van der Waals surface area (Å²) in [4.78, 5) is 15.5. The summed E-state index contributed by atoms with van der Waals surface area (Å²) in [6, 6.07) is 3.53. The van der Waals surface area contributed by atoms with Gasteiger partial charge in [-0.15, -0.1) is 0 Å². The molecule has 0 saturated carbocycles. The number of nitrogens with zero attached hydrogens (tertiary/aromatic N) is 2. The van der Waals surface area contributed by atoms with Gasteiger partial charge in [-0.2, -0.15) is 0 Å². The van der Waals surface area contributed by atoms with E-state index >= 15 is 0 Å². The highest BCUT2D eigenvalue weighted by molar-refractivity contribution is 5.68. The van der Waals surface area contributed by atoms with Crippen molar-refractivity contribution in [2.45, 2.75) is 6.10 Å². The van der Waals surface area contributed by atoms with Gasteiger partial charge in [0.05, 0.1) is 12.3 Å². The lowest BCUT2D eigenvalue weighted by Gasteiger charge is -2.35. The third-order valence-electron chi connectivity index (χ3n) is 4.19. The van der Waals surface area contributed by atoms with Crippen LogP contribution in [0.3, 0.4) is 0 Å². The Bertz CT molecular complexity index is 574. The Labute approximate surface area is 139 Å². The molecule has 0 aromatic heterocycles. The molecule has 1 aromatic rings. The minimum Gasteiger partial charge on any atom is -0.447 e. The van der Waals surface area contributed by atoms with E-state index in [1.54, 1.807) is 9.80 Å². The highest BCUT2D eigenvalue weighted by Gasteiger charge is 2.25. The van der Waals surface area contributed by atoms with Crippen LogP contribution in [0.15, 0.2) is 18.2 Å². The minimum absolute atomic E-state index is 0.114. The molecule has 24 heavy (non-hydrogen) atoms. The maximum absolute atomic E-state index is 13.8. The maximum Gasteiger partial charge on any atom is 0.409 e. The lowest BCUT2D eigenvalue weighted by atomic mass is 10.2. The normalized spacial score (nSPS) is 21.7. The molecule has 0 radical (unpaired) electrons. The predicted molar refractivity (Wildman–Crippen MR) is 84.1 cm³/mol. The maximum atomic E-state index is 13.8. The predicted octanol–water partition coefficient (Wildman–Crippen LogP) is 1.21. The number of anilines is 1. The zero-order chi connectivity index (χ0) is 16.9. The molecule has 3 rings (SSSR count). The Hall–Kier alpha value is -1.93. The van der Waals surface area contributed by atoms with Gasteiger partial charge in [-0.05, 0) is 12.1 Å². The van der Waals surface area contributed by atoms with E-state index in [4.69, 9.17) is 9.47 Å². The number of ether oxygens (including phenoxy) is 2. The Morgan fingerprint density at radius 1 is 1.29 bits per heavy atom. The smallest absolute Gasteiger partial charge is 0.409 e. The van der Waals surface area contributed by atoms with Crippen molar-refractivity contribution in [3.8, 4) is 0 Å². The fraction of sp³-hybridized carbons (Fsp3) is 0.562. The van der Waals surface area contributed by atoms with Gasteiger partial charge < -0.3 is 24.6 Å². The number of nitrogens with one attached hydrogen (secondary N) is 1. The quantitative estimate of drug-likeness (QED) is 0.896. The van der Waals surface area contributed by atoms with Gasteiger partial charge in [-0.25, -0.2) is 13.6 Å². The average molecular weight is 341 g/mol. The van der Waals surface area contributed by atoms with Crippen LogP contribution >= 0.6 is 0 Å². The van der Waals surface area contributed by atoms with E-state index in [1.807, 2.05) is 0 Å². The van der Waals surface area contributed by atoms with E-state index in [1.165, 1.54) is 12.1 Å². The molecular weight excluding hydrogens is 320 g/mol. The first-order valence-corrected chi connectivity index (χ1v) is 8.07. The van der Waals surface area contributed by atoms with Gasteiger partial charge in [0.15, 0.2) is 0 Å². The van der Waals surface area contributed by atoms with Gasteiger partial charge in [0, 0.05) is 45.3 Å². The van der Waals surface area contributed by atoms with E-state index in [2.05, 4.69) is 5.32 Å². The number of benzene rings is 1. The Balaban J connectivity index is 1.46. The monoisotopic (exact) mass is 341 g/mol. The molecule has 1 aromatic carbocycles. The molecule has 2 heterocycles. The number of piperazine rings is 1. The number of amides is 1. The molecule has 8 heteroatoms. The first-order valence-electron chi connectivity index (χ1n) is 8.07. The second-order valence-corrected chi connectivity index (χ2v) is 5.84. The van der Waals surface area contributed by atoms with Crippen LogP contribution in [0.2, 0.25) is 0 Å². The number of carbonyl (C=O) groups excluding carboxylic acids is 1. The number of hydrogen-bond donors (Lipinski definition) is 1. The Morgan fingerprint density at radius 2 is 2.08 bits per heavy atom. The number of halogens is 2. The molecule has 1 atom stereocenters. The molecule has 2 aliphatic rings. The minimum atomic E-state index is -0.599. The molecule has 1 N–H and O–H groups in total. The summed E-state index contributed by atoms with van der Waals surface area (Å²) >= 11 is 0. The zero-order valence-electron chi connectivity index (χ0n) is 13.3. The van der Waals surface area contributed by atoms with E-state index in [-0.39, 0.29) is 18.8 Å². The van der Waals surface area contributed by atoms with Crippen molar-refractivity contribution in [1.82, 2.24) is 10.2 Å². The van der Waals surface area contributed by atoms with Crippen LogP contribution in [-0.2, 0) is 9.47 Å². The topological polar surface area (TPSA) is 54.0 Å². The van der Waals surface area contributed by atoms with E-state index in [0.717, 1.165) is 12.6 Å². The van der Waals surface area contributed by atoms with Crippen LogP contribution < -0.4 is 10.2 Å². The van der Waals surface area contributed by atoms with Crippen molar-refractivity contribution in [2.24, 2.45) is 0 Å². The lowest BCUT2D eigenvalue weighted by molar-refractivity contribution is -0.0187. The fourth-order valence-electron chi connectivity index (χ4n) is 2.85. The van der Waals surface area contributed by atoms with Crippen LogP contribution in [-0.4, -0.2) is 69.6 Å². The van der Waals surface area contributed by atoms with Crippen LogP contribution in [0.1, 0.15) is 0 Å². The summed E-state index contributed by atoms with van der Waals surface area (Å²) in [6.45, 7) is 4.12. The van der Waals surface area contributed by atoms with Crippen molar-refractivity contribution in [2.75, 3.05) is 57.4 Å². The molecule has 2 saturated heterocycles. The molecule has 6 nitrogen and oxygen atoms in total. The summed E-state index contributed by atoms with van der Waals surface area (Å²) in [6.07, 6.45) is -0.499. The van der Waals surface area contributed by atoms with Crippen molar-refractivity contribution in [1.29, 1.82) is 0 Å². The van der Waals surface area contributed by atoms with Crippen molar-refractivity contribution in [3.63, 3.8) is 0 Å². The van der Waals surface area contributed by atoms with Crippen LogP contribution in [0.25, 0.3) is 0 Å². The SMILES string of the molecule is O=C(OC[C@@H]1CNCCO1)N1CCN(c2ccc(F)cc2F)CC1.